The lowest BCUT2D eigenvalue weighted by Crippen LogP contribution is -2.14. The fourth-order valence-electron chi connectivity index (χ4n) is 3.10. The van der Waals surface area contributed by atoms with Gasteiger partial charge in [0.05, 0.1) is 7.14 Å². The van der Waals surface area contributed by atoms with Gasteiger partial charge in [-0.1, -0.05) is 47.5 Å². The van der Waals surface area contributed by atoms with E-state index in [1.807, 2.05) is 50.2 Å². The molecule has 0 aliphatic heterocycles. The van der Waals surface area contributed by atoms with Crippen molar-refractivity contribution >= 4 is 62.9 Å². The zero-order valence-electron chi connectivity index (χ0n) is 18.0. The van der Waals surface area contributed by atoms with E-state index in [-0.39, 0.29) is 5.57 Å². The van der Waals surface area contributed by atoms with Gasteiger partial charge >= 0.3 is 0 Å². The lowest BCUT2D eigenvalue weighted by Gasteiger charge is -2.12. The van der Waals surface area contributed by atoms with Crippen molar-refractivity contribution in [3.63, 3.8) is 0 Å². The molecule has 1 amide bonds. The monoisotopic (exact) mass is 648 g/mol. The maximum absolute atomic E-state index is 12.7. The van der Waals surface area contributed by atoms with Gasteiger partial charge in [-0.15, -0.1) is 0 Å². The van der Waals surface area contributed by atoms with Gasteiger partial charge in [0.1, 0.15) is 24.0 Å². The van der Waals surface area contributed by atoms with Gasteiger partial charge in [0.15, 0.2) is 0 Å². The van der Waals surface area contributed by atoms with Gasteiger partial charge in [-0.3, -0.25) is 4.79 Å². The van der Waals surface area contributed by atoms with Gasteiger partial charge in [0.25, 0.3) is 5.91 Å². The minimum Gasteiger partial charge on any atom is -0.487 e. The van der Waals surface area contributed by atoms with Crippen LogP contribution in [-0.4, -0.2) is 5.91 Å². The van der Waals surface area contributed by atoms with Crippen molar-refractivity contribution in [3.8, 4) is 11.8 Å². The molecule has 0 saturated heterocycles. The molecule has 6 heteroatoms. The molecule has 0 bridgehead atoms. The smallest absolute Gasteiger partial charge is 0.266 e. The number of carbonyl (C=O) groups excluding carboxylic acids is 1. The van der Waals surface area contributed by atoms with Crippen molar-refractivity contribution in [2.45, 2.75) is 27.4 Å². The minimum absolute atomic E-state index is 0.0462. The highest BCUT2D eigenvalue weighted by atomic mass is 127. The first-order valence-corrected chi connectivity index (χ1v) is 12.1. The highest BCUT2D eigenvalue weighted by Crippen LogP contribution is 2.30. The molecule has 4 nitrogen and oxygen atoms in total. The number of aryl methyl sites for hydroxylation is 3. The quantitative estimate of drug-likeness (QED) is 0.179. The third kappa shape index (κ3) is 6.33. The zero-order chi connectivity index (χ0) is 23.3. The number of hydrogen-bond donors (Lipinski definition) is 1. The molecular weight excluding hydrogens is 626 g/mol. The molecule has 0 spiro atoms. The second-order valence-corrected chi connectivity index (χ2v) is 9.85. The summed E-state index contributed by atoms with van der Waals surface area (Å²) in [5, 5.41) is 12.4. The van der Waals surface area contributed by atoms with Crippen LogP contribution in [0.3, 0.4) is 0 Å². The topological polar surface area (TPSA) is 62.1 Å². The summed E-state index contributed by atoms with van der Waals surface area (Å²) in [5.74, 6) is 0.367. The lowest BCUT2D eigenvalue weighted by molar-refractivity contribution is -0.112. The Morgan fingerprint density at radius 2 is 1.62 bits per heavy atom. The number of benzene rings is 3. The van der Waals surface area contributed by atoms with Crippen molar-refractivity contribution < 1.29 is 9.53 Å². The number of rotatable bonds is 6. The summed E-state index contributed by atoms with van der Waals surface area (Å²) in [6, 6.07) is 19.9. The molecule has 3 aromatic rings. The molecule has 0 fully saturated rings. The van der Waals surface area contributed by atoms with Gasteiger partial charge in [-0.05, 0) is 107 Å². The van der Waals surface area contributed by atoms with E-state index >= 15 is 0 Å². The average Bonchev–Trinajstić information content (AvgIpc) is 2.74. The summed E-state index contributed by atoms with van der Waals surface area (Å²) in [4.78, 5) is 12.7. The third-order valence-corrected chi connectivity index (χ3v) is 6.43. The Hall–Kier alpha value is -2.38. The van der Waals surface area contributed by atoms with E-state index < -0.39 is 5.91 Å². The molecule has 162 valence electrons. The Morgan fingerprint density at radius 3 is 2.22 bits per heavy atom. The third-order valence-electron chi connectivity index (χ3n) is 4.83. The molecule has 3 aromatic carbocycles. The first-order chi connectivity index (χ1) is 15.3. The van der Waals surface area contributed by atoms with Crippen molar-refractivity contribution in [2.24, 2.45) is 0 Å². The maximum atomic E-state index is 12.7. The number of nitrogens with one attached hydrogen (secondary N) is 1. The molecule has 1 N–H and O–H groups in total. The summed E-state index contributed by atoms with van der Waals surface area (Å²) in [6.45, 7) is 6.46. The van der Waals surface area contributed by atoms with Crippen molar-refractivity contribution in [3.05, 3.63) is 95.1 Å². The number of anilines is 1. The van der Waals surface area contributed by atoms with Crippen LogP contribution in [0.1, 0.15) is 27.8 Å². The molecule has 0 unspecified atom stereocenters. The number of halogens is 2. The normalized spacial score (nSPS) is 11.1. The molecule has 0 saturated carbocycles. The van der Waals surface area contributed by atoms with Crippen LogP contribution in [0.15, 0.2) is 60.2 Å². The van der Waals surface area contributed by atoms with Crippen molar-refractivity contribution in [1.82, 2.24) is 0 Å². The van der Waals surface area contributed by atoms with E-state index in [4.69, 9.17) is 4.74 Å². The van der Waals surface area contributed by atoms with E-state index in [9.17, 15) is 10.1 Å². The van der Waals surface area contributed by atoms with Gasteiger partial charge in [-0.25, -0.2) is 0 Å². The second kappa shape index (κ2) is 11.0. The highest BCUT2D eigenvalue weighted by Gasteiger charge is 2.13. The zero-order valence-corrected chi connectivity index (χ0v) is 22.3. The van der Waals surface area contributed by atoms with Gasteiger partial charge in [-0.2, -0.15) is 5.26 Å². The SMILES string of the molecule is Cc1ccc(COc2c(I)cc(/C=C(\C#N)C(=O)Nc3ccc(C)cc3C)cc2I)cc1. The van der Waals surface area contributed by atoms with Gasteiger partial charge < -0.3 is 10.1 Å². The van der Waals surface area contributed by atoms with Gasteiger partial charge in [0.2, 0.25) is 0 Å². The van der Waals surface area contributed by atoms with Crippen LogP contribution in [0.25, 0.3) is 6.08 Å². The second-order valence-electron chi connectivity index (χ2n) is 7.53. The number of carbonyl (C=O) groups is 1. The summed E-state index contributed by atoms with van der Waals surface area (Å²) in [6.07, 6.45) is 1.60. The Morgan fingerprint density at radius 1 is 1.00 bits per heavy atom. The molecule has 0 aliphatic rings. The Kier molecular flexibility index (Phi) is 8.32. The van der Waals surface area contributed by atoms with E-state index in [1.54, 1.807) is 6.08 Å². The molecule has 0 aromatic heterocycles. The molecule has 0 heterocycles. The first kappa shape index (κ1) is 24.3. The Bertz CT molecular complexity index is 1200. The van der Waals surface area contributed by atoms with Crippen LogP contribution in [0.5, 0.6) is 5.75 Å². The molecule has 32 heavy (non-hydrogen) atoms. The number of amides is 1. The summed E-state index contributed by atoms with van der Waals surface area (Å²) >= 11 is 4.44. The number of ether oxygens (including phenoxy) is 1. The number of nitrogens with zero attached hydrogens (tertiary/aromatic N) is 1. The summed E-state index contributed by atoms with van der Waals surface area (Å²) in [5.41, 5.74) is 5.90. The Labute approximate surface area is 216 Å². The summed E-state index contributed by atoms with van der Waals surface area (Å²) in [7, 11) is 0. The predicted molar refractivity (Wildman–Crippen MR) is 146 cm³/mol. The average molecular weight is 648 g/mol. The minimum atomic E-state index is -0.427. The number of nitriles is 1. The van der Waals surface area contributed by atoms with Crippen molar-refractivity contribution in [1.29, 1.82) is 5.26 Å². The van der Waals surface area contributed by atoms with E-state index in [2.05, 4.69) is 81.7 Å². The predicted octanol–water partition coefficient (Wildman–Crippen LogP) is 6.95. The molecule has 3 rings (SSSR count). The molecule has 0 aliphatic carbocycles. The summed E-state index contributed by atoms with van der Waals surface area (Å²) < 4.78 is 7.88. The van der Waals surface area contributed by atoms with Crippen molar-refractivity contribution in [2.75, 3.05) is 5.32 Å². The standard InChI is InChI=1S/C26H22I2N2O2/c1-16-4-7-19(8-5-16)15-32-25-22(27)12-20(13-23(25)28)11-21(14-29)26(31)30-24-9-6-17(2)10-18(24)3/h4-13H,15H2,1-3H3,(H,30,31)/b21-11+. The van der Waals surface area contributed by atoms with Gasteiger partial charge in [0, 0.05) is 5.69 Å². The van der Waals surface area contributed by atoms with Crippen LogP contribution < -0.4 is 10.1 Å². The molecular formula is C26H22I2N2O2. The molecule has 0 atom stereocenters. The fraction of sp³-hybridized carbons (Fsp3) is 0.154. The van der Waals surface area contributed by atoms with E-state index in [0.29, 0.717) is 12.3 Å². The lowest BCUT2D eigenvalue weighted by atomic mass is 10.1. The van der Waals surface area contributed by atoms with Crippen LogP contribution in [0.4, 0.5) is 5.69 Å². The Balaban J connectivity index is 1.77. The fourth-order valence-corrected chi connectivity index (χ4v) is 5.23. The maximum Gasteiger partial charge on any atom is 0.266 e. The largest absolute Gasteiger partial charge is 0.487 e. The van der Waals surface area contributed by atoms with E-state index in [1.165, 1.54) is 5.56 Å². The number of hydrogen-bond acceptors (Lipinski definition) is 3. The van der Waals surface area contributed by atoms with Crippen LogP contribution in [0.2, 0.25) is 0 Å². The van der Waals surface area contributed by atoms with Crippen LogP contribution in [-0.2, 0) is 11.4 Å². The molecule has 0 radical (unpaired) electrons. The van der Waals surface area contributed by atoms with E-state index in [0.717, 1.165) is 35.1 Å². The first-order valence-electron chi connectivity index (χ1n) is 9.94. The highest BCUT2D eigenvalue weighted by molar-refractivity contribution is 14.1. The van der Waals surface area contributed by atoms with Crippen LogP contribution in [0, 0.1) is 39.2 Å². The van der Waals surface area contributed by atoms with Crippen LogP contribution >= 0.6 is 45.2 Å².